The van der Waals surface area contributed by atoms with Crippen molar-refractivity contribution in [1.29, 1.82) is 0 Å². The standard InChI is InChI=1S/C16H19NO3/c18-9-4-3-6-14-5-1-2-7-15(14)16(19)17-11-13-8-10-20-12-13/h1-2,5,7,13,18H,4,8-12H2,(H,17,19). The molecule has 0 spiro atoms. The summed E-state index contributed by atoms with van der Waals surface area (Å²) < 4.78 is 5.29. The number of rotatable bonds is 4. The molecule has 0 saturated carbocycles. The molecule has 2 N–H and O–H groups in total. The summed E-state index contributed by atoms with van der Waals surface area (Å²) in [5, 5.41) is 11.7. The molecule has 1 aliphatic rings. The number of nitrogens with one attached hydrogen (secondary N) is 1. The van der Waals surface area contributed by atoms with Crippen LogP contribution in [0.15, 0.2) is 24.3 Å². The lowest BCUT2D eigenvalue weighted by atomic mass is 10.1. The van der Waals surface area contributed by atoms with E-state index in [0.717, 1.165) is 19.6 Å². The molecular weight excluding hydrogens is 254 g/mol. The first-order valence-corrected chi connectivity index (χ1v) is 6.86. The number of ether oxygens (including phenoxy) is 1. The molecule has 4 heteroatoms. The van der Waals surface area contributed by atoms with Gasteiger partial charge in [-0.15, -0.1) is 0 Å². The highest BCUT2D eigenvalue weighted by atomic mass is 16.5. The van der Waals surface area contributed by atoms with E-state index in [1.165, 1.54) is 0 Å². The second kappa shape index (κ2) is 7.68. The zero-order chi connectivity index (χ0) is 14.2. The molecule has 1 heterocycles. The van der Waals surface area contributed by atoms with Crippen LogP contribution in [-0.4, -0.2) is 37.4 Å². The van der Waals surface area contributed by atoms with Crippen molar-refractivity contribution in [2.45, 2.75) is 12.8 Å². The summed E-state index contributed by atoms with van der Waals surface area (Å²) in [7, 11) is 0. The average Bonchev–Trinajstić information content (AvgIpc) is 2.99. The summed E-state index contributed by atoms with van der Waals surface area (Å²) in [6, 6.07) is 7.26. The minimum atomic E-state index is -0.106. The molecular formula is C16H19NO3. The van der Waals surface area contributed by atoms with Gasteiger partial charge < -0.3 is 15.2 Å². The van der Waals surface area contributed by atoms with Crippen LogP contribution in [0, 0.1) is 17.8 Å². The Hall–Kier alpha value is -1.83. The second-order valence-corrected chi connectivity index (χ2v) is 4.76. The Morgan fingerprint density at radius 1 is 1.45 bits per heavy atom. The Labute approximate surface area is 119 Å². The van der Waals surface area contributed by atoms with Crippen LogP contribution in [0.3, 0.4) is 0 Å². The number of carbonyl (C=O) groups excluding carboxylic acids is 1. The van der Waals surface area contributed by atoms with E-state index in [1.54, 1.807) is 6.07 Å². The third-order valence-corrected chi connectivity index (χ3v) is 3.21. The Balaban J connectivity index is 1.99. The molecule has 0 radical (unpaired) electrons. The van der Waals surface area contributed by atoms with E-state index >= 15 is 0 Å². The smallest absolute Gasteiger partial charge is 0.252 e. The van der Waals surface area contributed by atoms with Gasteiger partial charge in [0, 0.05) is 31.1 Å². The number of amides is 1. The Morgan fingerprint density at radius 3 is 3.05 bits per heavy atom. The average molecular weight is 273 g/mol. The molecule has 0 bridgehead atoms. The topological polar surface area (TPSA) is 58.6 Å². The first kappa shape index (κ1) is 14.6. The quantitative estimate of drug-likeness (QED) is 0.810. The maximum Gasteiger partial charge on any atom is 0.252 e. The number of aliphatic hydroxyl groups excluding tert-OH is 1. The summed E-state index contributed by atoms with van der Waals surface area (Å²) in [5.74, 6) is 6.07. The Kier molecular flexibility index (Phi) is 5.60. The van der Waals surface area contributed by atoms with Crippen LogP contribution in [0.5, 0.6) is 0 Å². The molecule has 106 valence electrons. The van der Waals surface area contributed by atoms with Crippen molar-refractivity contribution in [2.24, 2.45) is 5.92 Å². The number of carbonyl (C=O) groups is 1. The fourth-order valence-electron chi connectivity index (χ4n) is 2.08. The van der Waals surface area contributed by atoms with Gasteiger partial charge in [-0.05, 0) is 18.6 Å². The van der Waals surface area contributed by atoms with Gasteiger partial charge in [-0.1, -0.05) is 24.0 Å². The van der Waals surface area contributed by atoms with E-state index in [9.17, 15) is 4.79 Å². The van der Waals surface area contributed by atoms with Crippen LogP contribution in [0.4, 0.5) is 0 Å². The molecule has 0 aliphatic carbocycles. The molecule has 1 unspecified atom stereocenters. The minimum absolute atomic E-state index is 0.0308. The summed E-state index contributed by atoms with van der Waals surface area (Å²) in [5.41, 5.74) is 1.28. The van der Waals surface area contributed by atoms with Crippen molar-refractivity contribution in [2.75, 3.05) is 26.4 Å². The van der Waals surface area contributed by atoms with Gasteiger partial charge in [-0.25, -0.2) is 0 Å². The monoisotopic (exact) mass is 273 g/mol. The Morgan fingerprint density at radius 2 is 2.30 bits per heavy atom. The van der Waals surface area contributed by atoms with Gasteiger partial charge in [0.25, 0.3) is 5.91 Å². The summed E-state index contributed by atoms with van der Waals surface area (Å²) >= 11 is 0. The highest BCUT2D eigenvalue weighted by Crippen LogP contribution is 2.12. The fourth-order valence-corrected chi connectivity index (χ4v) is 2.08. The van der Waals surface area contributed by atoms with Gasteiger partial charge >= 0.3 is 0 Å². The van der Waals surface area contributed by atoms with Crippen LogP contribution in [0.2, 0.25) is 0 Å². The van der Waals surface area contributed by atoms with Crippen molar-refractivity contribution in [3.05, 3.63) is 35.4 Å². The van der Waals surface area contributed by atoms with E-state index in [0.29, 0.717) is 30.0 Å². The Bertz CT molecular complexity index is 510. The fraction of sp³-hybridized carbons (Fsp3) is 0.438. The molecule has 1 aliphatic heterocycles. The van der Waals surface area contributed by atoms with Crippen molar-refractivity contribution in [3.63, 3.8) is 0 Å². The normalized spacial score (nSPS) is 17.4. The summed E-state index contributed by atoms with van der Waals surface area (Å²) in [4.78, 5) is 12.2. The maximum atomic E-state index is 12.2. The first-order chi connectivity index (χ1) is 9.81. The summed E-state index contributed by atoms with van der Waals surface area (Å²) in [6.45, 7) is 2.17. The first-order valence-electron chi connectivity index (χ1n) is 6.86. The number of hydrogen-bond donors (Lipinski definition) is 2. The van der Waals surface area contributed by atoms with E-state index in [4.69, 9.17) is 9.84 Å². The van der Waals surface area contributed by atoms with Gasteiger partial charge in [0.2, 0.25) is 0 Å². The number of hydrogen-bond acceptors (Lipinski definition) is 3. The number of aliphatic hydroxyl groups is 1. The molecule has 1 aromatic rings. The van der Waals surface area contributed by atoms with E-state index in [1.807, 2.05) is 18.2 Å². The predicted molar refractivity (Wildman–Crippen MR) is 76.3 cm³/mol. The molecule has 1 amide bonds. The van der Waals surface area contributed by atoms with Gasteiger partial charge in [0.05, 0.1) is 18.8 Å². The lowest BCUT2D eigenvalue weighted by Gasteiger charge is -2.10. The molecule has 0 aromatic heterocycles. The zero-order valence-corrected chi connectivity index (χ0v) is 11.4. The number of benzene rings is 1. The molecule has 4 nitrogen and oxygen atoms in total. The van der Waals surface area contributed by atoms with Gasteiger partial charge in [-0.2, -0.15) is 0 Å². The van der Waals surface area contributed by atoms with Gasteiger partial charge in [0.1, 0.15) is 0 Å². The third kappa shape index (κ3) is 4.09. The third-order valence-electron chi connectivity index (χ3n) is 3.21. The molecule has 1 aromatic carbocycles. The van der Waals surface area contributed by atoms with E-state index < -0.39 is 0 Å². The van der Waals surface area contributed by atoms with Crippen LogP contribution in [-0.2, 0) is 4.74 Å². The minimum Gasteiger partial charge on any atom is -0.395 e. The van der Waals surface area contributed by atoms with Crippen molar-refractivity contribution >= 4 is 5.91 Å². The van der Waals surface area contributed by atoms with Crippen LogP contribution in [0.1, 0.15) is 28.8 Å². The molecule has 1 fully saturated rings. The molecule has 1 saturated heterocycles. The highest BCUT2D eigenvalue weighted by Gasteiger charge is 2.17. The SMILES string of the molecule is O=C(NCC1CCOC1)c1ccccc1C#CCCO. The lowest BCUT2D eigenvalue weighted by molar-refractivity contribution is 0.0945. The lowest BCUT2D eigenvalue weighted by Crippen LogP contribution is -2.30. The highest BCUT2D eigenvalue weighted by molar-refractivity contribution is 5.96. The molecule has 20 heavy (non-hydrogen) atoms. The van der Waals surface area contributed by atoms with Crippen molar-refractivity contribution in [3.8, 4) is 11.8 Å². The van der Waals surface area contributed by atoms with E-state index in [-0.39, 0.29) is 12.5 Å². The van der Waals surface area contributed by atoms with Crippen molar-refractivity contribution < 1.29 is 14.6 Å². The predicted octanol–water partition coefficient (Wildman–Crippen LogP) is 1.19. The maximum absolute atomic E-state index is 12.2. The molecule has 2 rings (SSSR count). The van der Waals surface area contributed by atoms with Crippen LogP contribution in [0.25, 0.3) is 0 Å². The molecule has 1 atom stereocenters. The summed E-state index contributed by atoms with van der Waals surface area (Å²) in [6.07, 6.45) is 1.41. The second-order valence-electron chi connectivity index (χ2n) is 4.76. The van der Waals surface area contributed by atoms with Gasteiger partial charge in [0.15, 0.2) is 0 Å². The van der Waals surface area contributed by atoms with Gasteiger partial charge in [-0.3, -0.25) is 4.79 Å². The van der Waals surface area contributed by atoms with Crippen LogP contribution < -0.4 is 5.32 Å². The zero-order valence-electron chi connectivity index (χ0n) is 11.4. The largest absolute Gasteiger partial charge is 0.395 e. The van der Waals surface area contributed by atoms with Crippen LogP contribution >= 0.6 is 0 Å². The van der Waals surface area contributed by atoms with Crippen molar-refractivity contribution in [1.82, 2.24) is 5.32 Å². The van der Waals surface area contributed by atoms with E-state index in [2.05, 4.69) is 17.2 Å².